The topological polar surface area (TPSA) is 41.6 Å². The Hall–Kier alpha value is -1.69. The molecule has 4 nitrogen and oxygen atoms in total. The molecule has 2 aliphatic rings. The fourth-order valence-electron chi connectivity index (χ4n) is 4.26. The molecule has 1 saturated carbocycles. The highest BCUT2D eigenvalue weighted by molar-refractivity contribution is 7.07. The van der Waals surface area contributed by atoms with Gasteiger partial charge in [-0.05, 0) is 77.9 Å². The number of nitrogens with zero attached hydrogens (tertiary/aromatic N) is 1. The molecule has 0 radical (unpaired) electrons. The number of thiophene rings is 1. The van der Waals surface area contributed by atoms with E-state index in [9.17, 15) is 4.79 Å². The lowest BCUT2D eigenvalue weighted by Gasteiger charge is -2.29. The van der Waals surface area contributed by atoms with Crippen molar-refractivity contribution >= 4 is 17.2 Å². The van der Waals surface area contributed by atoms with Crippen LogP contribution < -0.4 is 5.32 Å². The van der Waals surface area contributed by atoms with Gasteiger partial charge in [-0.3, -0.25) is 4.79 Å². The third kappa shape index (κ3) is 3.56. The Bertz CT molecular complexity index is 753. The van der Waals surface area contributed by atoms with Crippen LogP contribution >= 0.6 is 11.3 Å². The Morgan fingerprint density at radius 2 is 2.15 bits per heavy atom. The standard InChI is InChI=1S/C21H26N2O2S/c1-25-14-16-3-2-4-18(11-16)20(24)23(13-17-5-10-26-15-17)19-12-21(19)6-8-22-9-7-21/h2-5,10-11,15,19,22H,6-9,12-14H2,1H3/t19-/m0/s1. The van der Waals surface area contributed by atoms with Crippen molar-refractivity contribution in [3.05, 3.63) is 57.8 Å². The maximum Gasteiger partial charge on any atom is 0.254 e. The van der Waals surface area contributed by atoms with Gasteiger partial charge in [0.25, 0.3) is 5.91 Å². The van der Waals surface area contributed by atoms with Crippen LogP contribution in [0.2, 0.25) is 0 Å². The largest absolute Gasteiger partial charge is 0.380 e. The SMILES string of the molecule is COCc1cccc(C(=O)N(Cc2ccsc2)[C@H]2CC23CCNCC3)c1. The van der Waals surface area contributed by atoms with E-state index >= 15 is 0 Å². The van der Waals surface area contributed by atoms with Gasteiger partial charge in [-0.25, -0.2) is 0 Å². The van der Waals surface area contributed by atoms with E-state index in [1.165, 1.54) is 18.4 Å². The second-order valence-corrected chi connectivity index (χ2v) is 8.31. The third-order valence-corrected chi connectivity index (χ3v) is 6.53. The molecule has 1 aliphatic carbocycles. The molecular formula is C21H26N2O2S. The number of carbonyl (C=O) groups is 1. The summed E-state index contributed by atoms with van der Waals surface area (Å²) in [5.41, 5.74) is 3.38. The Kier molecular flexibility index (Phi) is 5.11. The number of benzene rings is 1. The highest BCUT2D eigenvalue weighted by Crippen LogP contribution is 2.56. The zero-order chi connectivity index (χ0) is 18.0. The molecule has 1 spiro atoms. The Morgan fingerprint density at radius 3 is 2.88 bits per heavy atom. The lowest BCUT2D eigenvalue weighted by molar-refractivity contribution is 0.0692. The number of hydrogen-bond acceptors (Lipinski definition) is 4. The van der Waals surface area contributed by atoms with Crippen molar-refractivity contribution in [2.45, 2.75) is 38.5 Å². The van der Waals surface area contributed by atoms with E-state index in [2.05, 4.69) is 27.0 Å². The van der Waals surface area contributed by atoms with E-state index in [1.807, 2.05) is 24.3 Å². The number of carbonyl (C=O) groups excluding carboxylic acids is 1. The number of hydrogen-bond donors (Lipinski definition) is 1. The quantitative estimate of drug-likeness (QED) is 0.843. The molecule has 5 heteroatoms. The summed E-state index contributed by atoms with van der Waals surface area (Å²) < 4.78 is 5.23. The van der Waals surface area contributed by atoms with Gasteiger partial charge in [0.2, 0.25) is 0 Å². The number of piperidine rings is 1. The van der Waals surface area contributed by atoms with Crippen molar-refractivity contribution in [1.29, 1.82) is 0 Å². The number of amides is 1. The Balaban J connectivity index is 1.58. The number of methoxy groups -OCH3 is 1. The van der Waals surface area contributed by atoms with Crippen LogP contribution in [0.4, 0.5) is 0 Å². The fourth-order valence-corrected chi connectivity index (χ4v) is 4.92. The molecule has 26 heavy (non-hydrogen) atoms. The first kappa shape index (κ1) is 17.7. The highest BCUT2D eigenvalue weighted by Gasteiger charge is 2.57. The molecule has 2 fully saturated rings. The average Bonchev–Trinajstić information content (AvgIpc) is 3.09. The summed E-state index contributed by atoms with van der Waals surface area (Å²) in [6.45, 7) is 3.38. The molecule has 138 valence electrons. The molecular weight excluding hydrogens is 344 g/mol. The van der Waals surface area contributed by atoms with Crippen LogP contribution in [0, 0.1) is 5.41 Å². The maximum absolute atomic E-state index is 13.4. The number of ether oxygens (including phenoxy) is 1. The van der Waals surface area contributed by atoms with Gasteiger partial charge >= 0.3 is 0 Å². The lowest BCUT2D eigenvalue weighted by Crippen LogP contribution is -2.39. The molecule has 2 heterocycles. The molecule has 1 aromatic heterocycles. The lowest BCUT2D eigenvalue weighted by atomic mass is 9.93. The van der Waals surface area contributed by atoms with Gasteiger partial charge in [0.15, 0.2) is 0 Å². The predicted molar refractivity (Wildman–Crippen MR) is 104 cm³/mol. The number of rotatable bonds is 6. The number of nitrogens with one attached hydrogen (secondary N) is 1. The van der Waals surface area contributed by atoms with Gasteiger partial charge < -0.3 is 15.0 Å². The van der Waals surface area contributed by atoms with Crippen molar-refractivity contribution in [3.63, 3.8) is 0 Å². The second kappa shape index (κ2) is 7.51. The van der Waals surface area contributed by atoms with E-state index in [0.717, 1.165) is 30.6 Å². The van der Waals surface area contributed by atoms with Crippen molar-refractivity contribution in [1.82, 2.24) is 10.2 Å². The van der Waals surface area contributed by atoms with Crippen molar-refractivity contribution in [2.24, 2.45) is 5.41 Å². The second-order valence-electron chi connectivity index (χ2n) is 7.53. The van der Waals surface area contributed by atoms with Gasteiger partial charge in [0.1, 0.15) is 0 Å². The van der Waals surface area contributed by atoms with Crippen molar-refractivity contribution in [2.75, 3.05) is 20.2 Å². The minimum Gasteiger partial charge on any atom is -0.380 e. The molecule has 1 atom stereocenters. The zero-order valence-corrected chi connectivity index (χ0v) is 16.1. The normalized spacial score (nSPS) is 20.9. The van der Waals surface area contributed by atoms with E-state index in [0.29, 0.717) is 24.6 Å². The Labute approximate surface area is 159 Å². The van der Waals surface area contributed by atoms with Crippen LogP contribution in [0.5, 0.6) is 0 Å². The van der Waals surface area contributed by atoms with Crippen LogP contribution in [0.3, 0.4) is 0 Å². The maximum atomic E-state index is 13.4. The zero-order valence-electron chi connectivity index (χ0n) is 15.2. The molecule has 2 aromatic rings. The van der Waals surface area contributed by atoms with Crippen LogP contribution in [-0.2, 0) is 17.9 Å². The van der Waals surface area contributed by atoms with Crippen LogP contribution in [-0.4, -0.2) is 37.0 Å². The summed E-state index contributed by atoms with van der Waals surface area (Å²) in [5.74, 6) is 0.148. The fraction of sp³-hybridized carbons (Fsp3) is 0.476. The molecule has 0 unspecified atom stereocenters. The summed E-state index contributed by atoms with van der Waals surface area (Å²) in [5, 5.41) is 7.69. The average molecular weight is 371 g/mol. The smallest absolute Gasteiger partial charge is 0.254 e. The molecule has 1 aromatic carbocycles. The monoisotopic (exact) mass is 370 g/mol. The van der Waals surface area contributed by atoms with Crippen molar-refractivity contribution < 1.29 is 9.53 Å². The molecule has 1 aliphatic heterocycles. The molecule has 0 bridgehead atoms. The molecule has 1 N–H and O–H groups in total. The first-order valence-electron chi connectivity index (χ1n) is 9.32. The summed E-state index contributed by atoms with van der Waals surface area (Å²) in [6, 6.07) is 10.4. The van der Waals surface area contributed by atoms with E-state index in [4.69, 9.17) is 4.74 Å². The van der Waals surface area contributed by atoms with Gasteiger partial charge in [0, 0.05) is 25.3 Å². The van der Waals surface area contributed by atoms with Gasteiger partial charge in [-0.2, -0.15) is 11.3 Å². The highest BCUT2D eigenvalue weighted by atomic mass is 32.1. The van der Waals surface area contributed by atoms with Crippen molar-refractivity contribution in [3.8, 4) is 0 Å². The minimum atomic E-state index is 0.148. The first-order valence-corrected chi connectivity index (χ1v) is 10.3. The van der Waals surface area contributed by atoms with E-state index in [-0.39, 0.29) is 5.91 Å². The van der Waals surface area contributed by atoms with Crippen LogP contribution in [0.25, 0.3) is 0 Å². The summed E-state index contributed by atoms with van der Waals surface area (Å²) >= 11 is 1.69. The van der Waals surface area contributed by atoms with Crippen LogP contribution in [0.15, 0.2) is 41.1 Å². The van der Waals surface area contributed by atoms with Gasteiger partial charge in [-0.1, -0.05) is 12.1 Å². The molecule has 4 rings (SSSR count). The Morgan fingerprint density at radius 1 is 1.31 bits per heavy atom. The van der Waals surface area contributed by atoms with Crippen LogP contribution in [0.1, 0.15) is 40.7 Å². The molecule has 1 amide bonds. The first-order chi connectivity index (χ1) is 12.7. The van der Waals surface area contributed by atoms with E-state index in [1.54, 1.807) is 18.4 Å². The minimum absolute atomic E-state index is 0.148. The summed E-state index contributed by atoms with van der Waals surface area (Å²) in [4.78, 5) is 15.5. The van der Waals surface area contributed by atoms with Gasteiger partial charge in [0.05, 0.1) is 6.61 Å². The summed E-state index contributed by atoms with van der Waals surface area (Å²) in [6.07, 6.45) is 3.49. The van der Waals surface area contributed by atoms with Gasteiger partial charge in [-0.15, -0.1) is 0 Å². The third-order valence-electron chi connectivity index (χ3n) is 5.80. The molecule has 1 saturated heterocycles. The predicted octanol–water partition coefficient (Wildman–Crippen LogP) is 3.68. The van der Waals surface area contributed by atoms with E-state index < -0.39 is 0 Å². The summed E-state index contributed by atoms with van der Waals surface area (Å²) in [7, 11) is 1.68.